The molecule has 2 rings (SSSR count). The summed E-state index contributed by atoms with van der Waals surface area (Å²) in [5.41, 5.74) is 0.902. The molecule has 2 heterocycles. The van der Waals surface area contributed by atoms with Gasteiger partial charge in [0, 0.05) is 25.3 Å². The highest BCUT2D eigenvalue weighted by Crippen LogP contribution is 2.15. The number of rotatable bonds is 2. The van der Waals surface area contributed by atoms with Gasteiger partial charge in [-0.2, -0.15) is 5.26 Å². The van der Waals surface area contributed by atoms with Crippen LogP contribution in [0, 0.1) is 18.3 Å². The summed E-state index contributed by atoms with van der Waals surface area (Å²) in [5.74, 6) is -0.619. The molecule has 1 unspecified atom stereocenters. The molecule has 1 fully saturated rings. The molecule has 1 aliphatic rings. The zero-order valence-electron chi connectivity index (χ0n) is 9.92. The normalized spacial score (nSPS) is 19.3. The Hall–Kier alpha value is -2.20. The van der Waals surface area contributed by atoms with Crippen LogP contribution >= 0.6 is 0 Å². The summed E-state index contributed by atoms with van der Waals surface area (Å²) in [4.78, 5) is 21.1. The highest BCUT2D eigenvalue weighted by molar-refractivity contribution is 5.78. The fourth-order valence-corrected chi connectivity index (χ4v) is 1.90. The summed E-state index contributed by atoms with van der Waals surface area (Å²) in [6.45, 7) is 3.27. The number of aromatic nitrogens is 2. The van der Waals surface area contributed by atoms with Gasteiger partial charge in [0.1, 0.15) is 17.8 Å². The Labute approximate surface area is 104 Å². The molecule has 0 aromatic carbocycles. The smallest absolute Gasteiger partial charge is 0.327 e. The molecular formula is C11H13N5O2. The first-order chi connectivity index (χ1) is 8.61. The van der Waals surface area contributed by atoms with E-state index in [0.29, 0.717) is 31.3 Å². The number of nitrogens with one attached hydrogen (secondary N) is 1. The molecule has 1 aliphatic heterocycles. The SMILES string of the molecule is Cc1cc(C#N)nc(N2CCNCC2C(=O)O)n1. The van der Waals surface area contributed by atoms with Crippen molar-refractivity contribution >= 4 is 11.9 Å². The third kappa shape index (κ3) is 2.38. The summed E-state index contributed by atoms with van der Waals surface area (Å²) in [6, 6.07) is 2.82. The molecule has 1 aromatic heterocycles. The van der Waals surface area contributed by atoms with E-state index in [9.17, 15) is 4.79 Å². The minimum absolute atomic E-state index is 0.250. The van der Waals surface area contributed by atoms with Gasteiger partial charge in [-0.3, -0.25) is 0 Å². The Kier molecular flexibility index (Phi) is 3.39. The van der Waals surface area contributed by atoms with Gasteiger partial charge in [-0.05, 0) is 13.0 Å². The molecule has 7 nitrogen and oxygen atoms in total. The number of aryl methyl sites for hydroxylation is 1. The average molecular weight is 247 g/mol. The maximum atomic E-state index is 11.2. The first-order valence-corrected chi connectivity index (χ1v) is 5.58. The van der Waals surface area contributed by atoms with Gasteiger partial charge in [-0.1, -0.05) is 0 Å². The molecule has 0 aliphatic carbocycles. The molecule has 0 bridgehead atoms. The maximum Gasteiger partial charge on any atom is 0.327 e. The Morgan fingerprint density at radius 1 is 1.67 bits per heavy atom. The van der Waals surface area contributed by atoms with E-state index in [2.05, 4.69) is 15.3 Å². The second-order valence-electron chi connectivity index (χ2n) is 4.06. The van der Waals surface area contributed by atoms with Gasteiger partial charge in [0.15, 0.2) is 0 Å². The van der Waals surface area contributed by atoms with Gasteiger partial charge < -0.3 is 15.3 Å². The molecule has 94 valence electrons. The van der Waals surface area contributed by atoms with E-state index in [0.717, 1.165) is 0 Å². The van der Waals surface area contributed by atoms with E-state index in [-0.39, 0.29) is 5.69 Å². The molecule has 1 aromatic rings. The summed E-state index contributed by atoms with van der Waals surface area (Å²) >= 11 is 0. The maximum absolute atomic E-state index is 11.2. The molecule has 18 heavy (non-hydrogen) atoms. The lowest BCUT2D eigenvalue weighted by Gasteiger charge is -2.33. The second-order valence-corrected chi connectivity index (χ2v) is 4.06. The van der Waals surface area contributed by atoms with Crippen molar-refractivity contribution in [3.8, 4) is 6.07 Å². The topological polar surface area (TPSA) is 102 Å². The van der Waals surface area contributed by atoms with E-state index in [1.807, 2.05) is 6.07 Å². The minimum atomic E-state index is -0.925. The molecule has 1 saturated heterocycles. The van der Waals surface area contributed by atoms with Crippen molar-refractivity contribution < 1.29 is 9.90 Å². The van der Waals surface area contributed by atoms with Gasteiger partial charge in [-0.15, -0.1) is 0 Å². The zero-order chi connectivity index (χ0) is 13.1. The zero-order valence-corrected chi connectivity index (χ0v) is 9.92. The van der Waals surface area contributed by atoms with E-state index in [1.54, 1.807) is 17.9 Å². The van der Waals surface area contributed by atoms with Gasteiger partial charge >= 0.3 is 5.97 Å². The number of aliphatic carboxylic acids is 1. The van der Waals surface area contributed by atoms with Crippen molar-refractivity contribution in [3.63, 3.8) is 0 Å². The van der Waals surface area contributed by atoms with Gasteiger partial charge in [0.05, 0.1) is 0 Å². The van der Waals surface area contributed by atoms with Crippen molar-refractivity contribution in [3.05, 3.63) is 17.5 Å². The number of carbonyl (C=O) groups is 1. The number of nitriles is 1. The standard InChI is InChI=1S/C11H13N5O2/c1-7-4-8(5-12)15-11(14-7)16-3-2-13-6-9(16)10(17)18/h4,9,13H,2-3,6H2,1H3,(H,17,18). The highest BCUT2D eigenvalue weighted by Gasteiger charge is 2.30. The third-order valence-corrected chi connectivity index (χ3v) is 2.74. The van der Waals surface area contributed by atoms with Crippen LogP contribution in [0.2, 0.25) is 0 Å². The molecular weight excluding hydrogens is 234 g/mol. The Morgan fingerprint density at radius 2 is 2.44 bits per heavy atom. The van der Waals surface area contributed by atoms with Crippen LogP contribution in [-0.2, 0) is 4.79 Å². The number of carboxylic acid groups (broad SMARTS) is 1. The van der Waals surface area contributed by atoms with E-state index in [4.69, 9.17) is 10.4 Å². The Bertz CT molecular complexity index is 511. The van der Waals surface area contributed by atoms with Crippen LogP contribution in [0.5, 0.6) is 0 Å². The lowest BCUT2D eigenvalue weighted by Crippen LogP contribution is -2.55. The van der Waals surface area contributed by atoms with Crippen LogP contribution in [-0.4, -0.2) is 46.7 Å². The quantitative estimate of drug-likeness (QED) is 0.727. The first-order valence-electron chi connectivity index (χ1n) is 5.58. The Balaban J connectivity index is 2.36. The third-order valence-electron chi connectivity index (χ3n) is 2.74. The number of anilines is 1. The molecule has 1 atom stereocenters. The predicted octanol–water partition coefficient (Wildman–Crippen LogP) is -0.481. The van der Waals surface area contributed by atoms with Gasteiger partial charge in [0.25, 0.3) is 0 Å². The lowest BCUT2D eigenvalue weighted by molar-refractivity contribution is -0.138. The van der Waals surface area contributed by atoms with Crippen molar-refractivity contribution in [2.45, 2.75) is 13.0 Å². The van der Waals surface area contributed by atoms with Crippen molar-refractivity contribution in [2.75, 3.05) is 24.5 Å². The fraction of sp³-hybridized carbons (Fsp3) is 0.455. The average Bonchev–Trinajstić information content (AvgIpc) is 2.38. The second kappa shape index (κ2) is 4.98. The summed E-state index contributed by atoms with van der Waals surface area (Å²) in [5, 5.41) is 21.1. The number of carboxylic acids is 1. The van der Waals surface area contributed by atoms with Crippen LogP contribution in [0.4, 0.5) is 5.95 Å². The summed E-state index contributed by atoms with van der Waals surface area (Å²) in [7, 11) is 0. The molecule has 0 spiro atoms. The van der Waals surface area contributed by atoms with Crippen molar-refractivity contribution in [1.29, 1.82) is 5.26 Å². The van der Waals surface area contributed by atoms with Crippen LogP contribution in [0.15, 0.2) is 6.07 Å². The van der Waals surface area contributed by atoms with E-state index < -0.39 is 12.0 Å². The fourth-order valence-electron chi connectivity index (χ4n) is 1.90. The number of hydrogen-bond acceptors (Lipinski definition) is 6. The van der Waals surface area contributed by atoms with E-state index >= 15 is 0 Å². The van der Waals surface area contributed by atoms with Crippen molar-refractivity contribution in [2.24, 2.45) is 0 Å². The van der Waals surface area contributed by atoms with Gasteiger partial charge in [0.2, 0.25) is 5.95 Å². The van der Waals surface area contributed by atoms with E-state index in [1.165, 1.54) is 0 Å². The number of piperazine rings is 1. The molecule has 0 radical (unpaired) electrons. The largest absolute Gasteiger partial charge is 0.480 e. The molecule has 2 N–H and O–H groups in total. The predicted molar refractivity (Wildman–Crippen MR) is 63.1 cm³/mol. The molecule has 0 saturated carbocycles. The number of nitrogens with zero attached hydrogens (tertiary/aromatic N) is 4. The minimum Gasteiger partial charge on any atom is -0.480 e. The first kappa shape index (κ1) is 12.3. The monoisotopic (exact) mass is 247 g/mol. The highest BCUT2D eigenvalue weighted by atomic mass is 16.4. The van der Waals surface area contributed by atoms with Crippen LogP contribution in [0.1, 0.15) is 11.4 Å². The molecule has 7 heteroatoms. The molecule has 0 amide bonds. The van der Waals surface area contributed by atoms with Crippen LogP contribution in [0.3, 0.4) is 0 Å². The number of hydrogen-bond donors (Lipinski definition) is 2. The van der Waals surface area contributed by atoms with Crippen LogP contribution in [0.25, 0.3) is 0 Å². The van der Waals surface area contributed by atoms with Crippen LogP contribution < -0.4 is 10.2 Å². The lowest BCUT2D eigenvalue weighted by atomic mass is 10.2. The summed E-state index contributed by atoms with van der Waals surface area (Å²) < 4.78 is 0. The van der Waals surface area contributed by atoms with Crippen molar-refractivity contribution in [1.82, 2.24) is 15.3 Å². The Morgan fingerprint density at radius 3 is 3.11 bits per heavy atom. The van der Waals surface area contributed by atoms with Gasteiger partial charge in [-0.25, -0.2) is 14.8 Å². The summed E-state index contributed by atoms with van der Waals surface area (Å²) in [6.07, 6.45) is 0.